The lowest BCUT2D eigenvalue weighted by atomic mass is 10.1. The average molecular weight is 393 g/mol. The van der Waals surface area contributed by atoms with Gasteiger partial charge in [-0.25, -0.2) is 14.6 Å². The standard InChI is InChI=1S/C21H28N8/c1-14-24-20-18(10-7-11-29(20)27-14)26-21(22-2)23-13-15-12-19(28(3)4)25-17-9-6-5-8-16(15)17/h5-6,8-9,12,18H,7,10-11,13H2,1-4H3,(H2,22,23,26). The summed E-state index contributed by atoms with van der Waals surface area (Å²) in [4.78, 5) is 15.8. The van der Waals surface area contributed by atoms with E-state index in [-0.39, 0.29) is 6.04 Å². The Morgan fingerprint density at radius 2 is 2.10 bits per heavy atom. The van der Waals surface area contributed by atoms with E-state index in [9.17, 15) is 0 Å². The molecule has 4 rings (SSSR count). The van der Waals surface area contributed by atoms with E-state index >= 15 is 0 Å². The second-order valence-corrected chi connectivity index (χ2v) is 7.56. The third kappa shape index (κ3) is 4.01. The van der Waals surface area contributed by atoms with Crippen LogP contribution in [-0.4, -0.2) is 46.9 Å². The fraction of sp³-hybridized carbons (Fsp3) is 0.429. The lowest BCUT2D eigenvalue weighted by Crippen LogP contribution is -2.41. The van der Waals surface area contributed by atoms with Crippen LogP contribution in [0.3, 0.4) is 0 Å². The molecule has 0 bridgehead atoms. The van der Waals surface area contributed by atoms with Crippen molar-refractivity contribution in [3.8, 4) is 0 Å². The van der Waals surface area contributed by atoms with Crippen molar-refractivity contribution in [2.75, 3.05) is 26.0 Å². The van der Waals surface area contributed by atoms with Crippen LogP contribution in [0.2, 0.25) is 0 Å². The van der Waals surface area contributed by atoms with E-state index < -0.39 is 0 Å². The van der Waals surface area contributed by atoms with Gasteiger partial charge in [-0.05, 0) is 37.5 Å². The van der Waals surface area contributed by atoms with Crippen LogP contribution in [0.15, 0.2) is 35.3 Å². The van der Waals surface area contributed by atoms with Crippen LogP contribution in [-0.2, 0) is 13.1 Å². The van der Waals surface area contributed by atoms with Crippen LogP contribution in [0.5, 0.6) is 0 Å². The summed E-state index contributed by atoms with van der Waals surface area (Å²) in [6.07, 6.45) is 2.09. The maximum absolute atomic E-state index is 4.74. The van der Waals surface area contributed by atoms with E-state index in [1.165, 1.54) is 5.56 Å². The van der Waals surface area contributed by atoms with Gasteiger partial charge >= 0.3 is 0 Å². The normalized spacial score (nSPS) is 16.6. The second kappa shape index (κ2) is 8.06. The molecule has 0 fully saturated rings. The molecule has 2 aromatic heterocycles. The van der Waals surface area contributed by atoms with E-state index in [2.05, 4.69) is 43.9 Å². The summed E-state index contributed by atoms with van der Waals surface area (Å²) < 4.78 is 2.00. The number of para-hydroxylation sites is 1. The van der Waals surface area contributed by atoms with E-state index in [1.807, 2.05) is 42.7 Å². The Bertz CT molecular complexity index is 1040. The van der Waals surface area contributed by atoms with Crippen LogP contribution in [0.4, 0.5) is 5.82 Å². The van der Waals surface area contributed by atoms with Gasteiger partial charge in [0.05, 0.1) is 11.6 Å². The molecule has 1 unspecified atom stereocenters. The van der Waals surface area contributed by atoms with Crippen molar-refractivity contribution in [3.05, 3.63) is 47.5 Å². The topological polar surface area (TPSA) is 83.3 Å². The monoisotopic (exact) mass is 392 g/mol. The number of aromatic nitrogens is 4. The first kappa shape index (κ1) is 19.2. The fourth-order valence-corrected chi connectivity index (χ4v) is 3.75. The number of rotatable bonds is 4. The fourth-order valence-electron chi connectivity index (χ4n) is 3.75. The number of hydrogen-bond donors (Lipinski definition) is 2. The Morgan fingerprint density at radius 1 is 1.28 bits per heavy atom. The summed E-state index contributed by atoms with van der Waals surface area (Å²) in [6, 6.07) is 10.5. The molecule has 8 nitrogen and oxygen atoms in total. The number of pyridine rings is 1. The van der Waals surface area contributed by atoms with E-state index in [0.717, 1.165) is 53.7 Å². The zero-order chi connectivity index (χ0) is 20.4. The van der Waals surface area contributed by atoms with Gasteiger partial charge in [0.25, 0.3) is 0 Å². The van der Waals surface area contributed by atoms with E-state index in [1.54, 1.807) is 7.05 Å². The van der Waals surface area contributed by atoms with Gasteiger partial charge in [-0.2, -0.15) is 5.10 Å². The number of anilines is 1. The van der Waals surface area contributed by atoms with Crippen LogP contribution in [0, 0.1) is 6.92 Å². The van der Waals surface area contributed by atoms with Crippen LogP contribution in [0.1, 0.15) is 36.1 Å². The summed E-state index contributed by atoms with van der Waals surface area (Å²) in [5.41, 5.74) is 2.18. The first-order valence-electron chi connectivity index (χ1n) is 9.99. The Balaban J connectivity index is 1.52. The van der Waals surface area contributed by atoms with Gasteiger partial charge in [0.1, 0.15) is 17.5 Å². The van der Waals surface area contributed by atoms with E-state index in [0.29, 0.717) is 6.54 Å². The van der Waals surface area contributed by atoms with Crippen LogP contribution in [0.25, 0.3) is 10.9 Å². The molecule has 8 heteroatoms. The number of benzene rings is 1. The molecule has 1 aliphatic rings. The Labute approximate surface area is 171 Å². The van der Waals surface area contributed by atoms with Gasteiger partial charge in [0, 0.05) is 39.6 Å². The molecular formula is C21H28N8. The molecule has 1 aromatic carbocycles. The Kier molecular flexibility index (Phi) is 5.33. The lowest BCUT2D eigenvalue weighted by Gasteiger charge is -2.25. The molecule has 0 amide bonds. The zero-order valence-corrected chi connectivity index (χ0v) is 17.5. The highest BCUT2D eigenvalue weighted by Gasteiger charge is 2.24. The van der Waals surface area contributed by atoms with Crippen molar-refractivity contribution in [1.82, 2.24) is 30.4 Å². The number of guanidine groups is 1. The van der Waals surface area contributed by atoms with Crippen molar-refractivity contribution < 1.29 is 0 Å². The number of hydrogen-bond acceptors (Lipinski definition) is 5. The maximum Gasteiger partial charge on any atom is 0.191 e. The highest BCUT2D eigenvalue weighted by molar-refractivity contribution is 5.85. The molecule has 29 heavy (non-hydrogen) atoms. The van der Waals surface area contributed by atoms with Crippen molar-refractivity contribution >= 4 is 22.7 Å². The third-order valence-corrected chi connectivity index (χ3v) is 5.21. The predicted molar refractivity (Wildman–Crippen MR) is 116 cm³/mol. The summed E-state index contributed by atoms with van der Waals surface area (Å²) in [7, 11) is 5.82. The minimum absolute atomic E-state index is 0.114. The first-order valence-corrected chi connectivity index (χ1v) is 9.99. The second-order valence-electron chi connectivity index (χ2n) is 7.56. The molecule has 3 heterocycles. The largest absolute Gasteiger partial charge is 0.363 e. The smallest absolute Gasteiger partial charge is 0.191 e. The molecule has 1 aliphatic heterocycles. The number of aliphatic imine (C=N–C) groups is 1. The summed E-state index contributed by atoms with van der Waals surface area (Å²) >= 11 is 0. The Hall–Kier alpha value is -3.16. The summed E-state index contributed by atoms with van der Waals surface area (Å²) in [5.74, 6) is 3.51. The number of fused-ring (bicyclic) bond motifs is 2. The molecule has 0 radical (unpaired) electrons. The minimum Gasteiger partial charge on any atom is -0.363 e. The molecule has 3 aromatic rings. The number of nitrogens with zero attached hydrogens (tertiary/aromatic N) is 6. The number of nitrogens with one attached hydrogen (secondary N) is 2. The molecule has 0 spiro atoms. The van der Waals surface area contributed by atoms with Gasteiger partial charge in [-0.3, -0.25) is 4.99 Å². The van der Waals surface area contributed by atoms with Gasteiger partial charge in [0.2, 0.25) is 0 Å². The SMILES string of the molecule is CN=C(NCc1cc(N(C)C)nc2ccccc12)NC1CCCn2nc(C)nc21. The van der Waals surface area contributed by atoms with Crippen LogP contribution < -0.4 is 15.5 Å². The predicted octanol–water partition coefficient (Wildman–Crippen LogP) is 2.40. The van der Waals surface area contributed by atoms with E-state index in [4.69, 9.17) is 4.98 Å². The van der Waals surface area contributed by atoms with Gasteiger partial charge < -0.3 is 15.5 Å². The molecule has 152 valence electrons. The molecule has 0 aliphatic carbocycles. The zero-order valence-electron chi connectivity index (χ0n) is 17.5. The lowest BCUT2D eigenvalue weighted by molar-refractivity contribution is 0.397. The van der Waals surface area contributed by atoms with Gasteiger partial charge in [0.15, 0.2) is 5.96 Å². The van der Waals surface area contributed by atoms with Gasteiger partial charge in [-0.1, -0.05) is 18.2 Å². The highest BCUT2D eigenvalue weighted by atomic mass is 15.4. The van der Waals surface area contributed by atoms with Crippen molar-refractivity contribution in [3.63, 3.8) is 0 Å². The van der Waals surface area contributed by atoms with Crippen molar-refractivity contribution in [2.45, 2.75) is 38.9 Å². The quantitative estimate of drug-likeness (QED) is 0.524. The van der Waals surface area contributed by atoms with Crippen molar-refractivity contribution in [1.29, 1.82) is 0 Å². The molecule has 2 N–H and O–H groups in total. The average Bonchev–Trinajstić information content (AvgIpc) is 3.11. The van der Waals surface area contributed by atoms with Crippen molar-refractivity contribution in [2.24, 2.45) is 4.99 Å². The number of aryl methyl sites for hydroxylation is 2. The third-order valence-electron chi connectivity index (χ3n) is 5.21. The van der Waals surface area contributed by atoms with Crippen LogP contribution >= 0.6 is 0 Å². The first-order chi connectivity index (χ1) is 14.0. The molecule has 0 saturated carbocycles. The molecule has 1 atom stereocenters. The molecular weight excluding hydrogens is 364 g/mol. The minimum atomic E-state index is 0.114. The molecule has 0 saturated heterocycles. The summed E-state index contributed by atoms with van der Waals surface area (Å²) in [6.45, 7) is 3.52. The van der Waals surface area contributed by atoms with Gasteiger partial charge in [-0.15, -0.1) is 0 Å². The highest BCUT2D eigenvalue weighted by Crippen LogP contribution is 2.24. The summed E-state index contributed by atoms with van der Waals surface area (Å²) in [5, 5.41) is 12.6. The Morgan fingerprint density at radius 3 is 2.90 bits per heavy atom. The maximum atomic E-state index is 4.74.